The van der Waals surface area contributed by atoms with Gasteiger partial charge < -0.3 is 18.9 Å². The van der Waals surface area contributed by atoms with Gasteiger partial charge in [-0.1, -0.05) is 28.1 Å². The number of hydrogen-bond donors (Lipinski definition) is 0. The molecule has 1 heterocycles. The molecule has 1 aliphatic rings. The number of ether oxygens (including phenoxy) is 4. The first-order valence-corrected chi connectivity index (χ1v) is 10.5. The van der Waals surface area contributed by atoms with Gasteiger partial charge in [-0.25, -0.2) is 4.79 Å². The third kappa shape index (κ3) is 5.15. The van der Waals surface area contributed by atoms with Crippen molar-refractivity contribution in [1.29, 1.82) is 0 Å². The summed E-state index contributed by atoms with van der Waals surface area (Å²) in [6, 6.07) is 5.96. The van der Waals surface area contributed by atoms with E-state index in [4.69, 9.17) is 18.9 Å². The van der Waals surface area contributed by atoms with Crippen LogP contribution in [-0.4, -0.2) is 50.0 Å². The fraction of sp³-hybridized carbons (Fsp3) is 0.476. The highest BCUT2D eigenvalue weighted by atomic mass is 79.9. The van der Waals surface area contributed by atoms with Crippen LogP contribution in [0.3, 0.4) is 0 Å². The topological polar surface area (TPSA) is 88.1 Å². The minimum Gasteiger partial charge on any atom is -0.465 e. The van der Waals surface area contributed by atoms with Crippen molar-refractivity contribution in [3.63, 3.8) is 0 Å². The van der Waals surface area contributed by atoms with Gasteiger partial charge in [0.2, 0.25) is 5.41 Å². The zero-order chi connectivity index (χ0) is 24.1. The van der Waals surface area contributed by atoms with Crippen LogP contribution in [0, 0.1) is 5.41 Å². The van der Waals surface area contributed by atoms with Gasteiger partial charge in [-0.05, 0) is 44.0 Å². The molecule has 176 valence electrons. The smallest absolute Gasteiger partial charge is 0.409 e. The number of benzene rings is 1. The van der Waals surface area contributed by atoms with Crippen LogP contribution < -0.4 is 0 Å². The van der Waals surface area contributed by atoms with Crippen molar-refractivity contribution < 1.29 is 46.5 Å². The van der Waals surface area contributed by atoms with Gasteiger partial charge in [0.1, 0.15) is 6.10 Å². The molecular formula is C21H22BrF3O7. The standard InChI is InChI=1S/C21H22BrF3O7/c1-4-29-17(26)16-21(18(27)30-5-2,19(28)31-6-3)14(11-20(23,24)25)15(32-16)12-7-9-13(22)10-8-12/h7-11,15-16H,4-6H2,1-3H3/b14-11+. The minimum atomic E-state index is -4.96. The molecule has 1 saturated heterocycles. The summed E-state index contributed by atoms with van der Waals surface area (Å²) in [5.74, 6) is -3.99. The van der Waals surface area contributed by atoms with Gasteiger partial charge in [-0.3, -0.25) is 9.59 Å². The summed E-state index contributed by atoms with van der Waals surface area (Å²) in [6.45, 7) is 3.58. The van der Waals surface area contributed by atoms with Crippen LogP contribution >= 0.6 is 15.9 Å². The molecule has 1 fully saturated rings. The Hall–Kier alpha value is -2.40. The second-order valence-corrected chi connectivity index (χ2v) is 7.51. The number of alkyl halides is 3. The molecule has 32 heavy (non-hydrogen) atoms. The molecule has 0 aromatic heterocycles. The zero-order valence-corrected chi connectivity index (χ0v) is 19.1. The largest absolute Gasteiger partial charge is 0.465 e. The molecule has 0 spiro atoms. The molecule has 2 atom stereocenters. The maximum absolute atomic E-state index is 13.6. The van der Waals surface area contributed by atoms with Crippen LogP contribution in [-0.2, 0) is 33.3 Å². The molecule has 0 radical (unpaired) electrons. The second kappa shape index (κ2) is 10.5. The second-order valence-electron chi connectivity index (χ2n) is 6.59. The number of hydrogen-bond acceptors (Lipinski definition) is 7. The Labute approximate surface area is 191 Å². The van der Waals surface area contributed by atoms with E-state index in [-0.39, 0.29) is 31.5 Å². The normalized spacial score (nSPS) is 21.3. The molecule has 2 rings (SSSR count). The number of halogens is 4. The minimum absolute atomic E-state index is 0.165. The van der Waals surface area contributed by atoms with E-state index in [1.54, 1.807) is 0 Å². The lowest BCUT2D eigenvalue weighted by Crippen LogP contribution is -2.53. The predicted octanol–water partition coefficient (Wildman–Crippen LogP) is 4.05. The van der Waals surface area contributed by atoms with E-state index in [0.717, 1.165) is 0 Å². The van der Waals surface area contributed by atoms with Gasteiger partial charge in [0, 0.05) is 10.5 Å². The van der Waals surface area contributed by atoms with Crippen LogP contribution in [0.15, 0.2) is 40.4 Å². The highest BCUT2D eigenvalue weighted by Crippen LogP contribution is 2.53. The van der Waals surface area contributed by atoms with Crippen LogP contribution in [0.5, 0.6) is 0 Å². The Balaban J connectivity index is 2.87. The van der Waals surface area contributed by atoms with E-state index in [9.17, 15) is 27.6 Å². The van der Waals surface area contributed by atoms with Crippen molar-refractivity contribution in [3.8, 4) is 0 Å². The van der Waals surface area contributed by atoms with E-state index < -0.39 is 47.3 Å². The molecule has 0 aliphatic carbocycles. The lowest BCUT2D eigenvalue weighted by atomic mass is 9.74. The average molecular weight is 523 g/mol. The first-order valence-electron chi connectivity index (χ1n) is 9.74. The van der Waals surface area contributed by atoms with Gasteiger partial charge in [0.15, 0.2) is 6.10 Å². The molecule has 0 saturated carbocycles. The molecule has 7 nitrogen and oxygen atoms in total. The number of esters is 3. The van der Waals surface area contributed by atoms with Crippen LogP contribution in [0.2, 0.25) is 0 Å². The summed E-state index contributed by atoms with van der Waals surface area (Å²) >= 11 is 3.23. The first kappa shape index (κ1) is 25.9. The maximum atomic E-state index is 13.6. The monoisotopic (exact) mass is 522 g/mol. The molecule has 0 N–H and O–H groups in total. The lowest BCUT2D eigenvalue weighted by Gasteiger charge is -2.29. The molecular weight excluding hydrogens is 501 g/mol. The van der Waals surface area contributed by atoms with E-state index >= 15 is 0 Å². The summed E-state index contributed by atoms with van der Waals surface area (Å²) in [5.41, 5.74) is -3.48. The van der Waals surface area contributed by atoms with Crippen molar-refractivity contribution in [2.24, 2.45) is 5.41 Å². The Bertz CT molecular complexity index is 862. The lowest BCUT2D eigenvalue weighted by molar-refractivity contribution is -0.183. The van der Waals surface area contributed by atoms with Crippen LogP contribution in [0.1, 0.15) is 32.4 Å². The molecule has 0 amide bonds. The summed E-state index contributed by atoms with van der Waals surface area (Å²) in [4.78, 5) is 38.9. The Morgan fingerprint density at radius 2 is 1.50 bits per heavy atom. The van der Waals surface area contributed by atoms with E-state index in [2.05, 4.69) is 15.9 Å². The Kier molecular flexibility index (Phi) is 8.47. The van der Waals surface area contributed by atoms with Gasteiger partial charge >= 0.3 is 24.1 Å². The summed E-state index contributed by atoms with van der Waals surface area (Å²) < 4.78 is 62.0. The van der Waals surface area contributed by atoms with Gasteiger partial charge in [-0.15, -0.1) is 0 Å². The summed E-state index contributed by atoms with van der Waals surface area (Å²) in [6.07, 6.45) is -8.80. The fourth-order valence-electron chi connectivity index (χ4n) is 3.40. The van der Waals surface area contributed by atoms with Crippen molar-refractivity contribution in [2.75, 3.05) is 19.8 Å². The third-order valence-corrected chi connectivity index (χ3v) is 5.12. The number of carbonyl (C=O) groups excluding carboxylic acids is 3. The molecule has 0 bridgehead atoms. The van der Waals surface area contributed by atoms with Crippen molar-refractivity contribution in [1.82, 2.24) is 0 Å². The summed E-state index contributed by atoms with van der Waals surface area (Å²) in [5, 5.41) is 0. The van der Waals surface area contributed by atoms with Crippen LogP contribution in [0.25, 0.3) is 0 Å². The number of carbonyl (C=O) groups is 3. The average Bonchev–Trinajstić information content (AvgIpc) is 3.03. The highest BCUT2D eigenvalue weighted by Gasteiger charge is 2.69. The van der Waals surface area contributed by atoms with Crippen molar-refractivity contribution in [3.05, 3.63) is 46.0 Å². The SMILES string of the molecule is CCOC(=O)C1OC(c2ccc(Br)cc2)/C(=C\C(F)(F)F)C1(C(=O)OCC)C(=O)OCC. The van der Waals surface area contributed by atoms with Crippen molar-refractivity contribution in [2.45, 2.75) is 39.2 Å². The van der Waals surface area contributed by atoms with Gasteiger partial charge in [0.05, 0.1) is 19.8 Å². The van der Waals surface area contributed by atoms with Gasteiger partial charge in [-0.2, -0.15) is 13.2 Å². The van der Waals surface area contributed by atoms with Crippen molar-refractivity contribution >= 4 is 33.8 Å². The first-order chi connectivity index (χ1) is 15.0. The number of rotatable bonds is 7. The summed E-state index contributed by atoms with van der Waals surface area (Å²) in [7, 11) is 0. The van der Waals surface area contributed by atoms with Gasteiger partial charge in [0.25, 0.3) is 0 Å². The predicted molar refractivity (Wildman–Crippen MR) is 108 cm³/mol. The Morgan fingerprint density at radius 3 is 1.94 bits per heavy atom. The quantitative estimate of drug-likeness (QED) is 0.231. The highest BCUT2D eigenvalue weighted by molar-refractivity contribution is 9.10. The zero-order valence-electron chi connectivity index (χ0n) is 17.5. The fourth-order valence-corrected chi connectivity index (χ4v) is 3.67. The molecule has 11 heteroatoms. The van der Waals surface area contributed by atoms with E-state index in [0.29, 0.717) is 4.47 Å². The van der Waals surface area contributed by atoms with E-state index in [1.807, 2.05) is 0 Å². The number of allylic oxidation sites excluding steroid dienone is 1. The molecule has 1 aromatic rings. The Morgan fingerprint density at radius 1 is 1.00 bits per heavy atom. The molecule has 1 aliphatic heterocycles. The van der Waals surface area contributed by atoms with Crippen LogP contribution in [0.4, 0.5) is 13.2 Å². The van der Waals surface area contributed by atoms with E-state index in [1.165, 1.54) is 45.0 Å². The third-order valence-electron chi connectivity index (χ3n) is 4.59. The molecule has 2 unspecified atom stereocenters. The molecule has 1 aromatic carbocycles. The maximum Gasteiger partial charge on any atom is 0.409 e.